The van der Waals surface area contributed by atoms with E-state index in [1.807, 2.05) is 0 Å². The van der Waals surface area contributed by atoms with Crippen molar-refractivity contribution in [3.05, 3.63) is 0 Å². The van der Waals surface area contributed by atoms with Gasteiger partial charge in [-0.3, -0.25) is 4.99 Å². The van der Waals surface area contributed by atoms with Gasteiger partial charge >= 0.3 is 0 Å². The fourth-order valence-corrected chi connectivity index (χ4v) is 4.48. The third-order valence-corrected chi connectivity index (χ3v) is 5.66. The summed E-state index contributed by atoms with van der Waals surface area (Å²) in [6.07, 6.45) is 15.7. The predicted octanol–water partition coefficient (Wildman–Crippen LogP) is 5.28. The first-order valence-electron chi connectivity index (χ1n) is 9.47. The maximum absolute atomic E-state index is 10.5. The highest BCUT2D eigenvalue weighted by Crippen LogP contribution is 2.45. The molecule has 1 saturated carbocycles. The largest absolute Gasteiger partial charge is 0.393 e. The van der Waals surface area contributed by atoms with Gasteiger partial charge in [0.2, 0.25) is 0 Å². The molecule has 1 heterocycles. The normalized spacial score (nSPS) is 33.2. The van der Waals surface area contributed by atoms with Crippen LogP contribution >= 0.6 is 0 Å². The number of aliphatic hydroxyl groups is 1. The van der Waals surface area contributed by atoms with Crippen molar-refractivity contribution in [2.24, 2.45) is 10.9 Å². The van der Waals surface area contributed by atoms with Crippen molar-refractivity contribution in [1.82, 2.24) is 0 Å². The molecule has 3 atom stereocenters. The van der Waals surface area contributed by atoms with Crippen LogP contribution in [0.1, 0.15) is 97.3 Å². The molecule has 2 rings (SSSR count). The summed E-state index contributed by atoms with van der Waals surface area (Å²) in [6, 6.07) is 0. The van der Waals surface area contributed by atoms with E-state index in [0.717, 1.165) is 12.8 Å². The molecule has 21 heavy (non-hydrogen) atoms. The molecule has 1 aliphatic carbocycles. The zero-order valence-corrected chi connectivity index (χ0v) is 14.2. The van der Waals surface area contributed by atoms with Gasteiger partial charge in [0.05, 0.1) is 11.6 Å². The molecule has 1 N–H and O–H groups in total. The van der Waals surface area contributed by atoms with Gasteiger partial charge in [0, 0.05) is 11.6 Å². The smallest absolute Gasteiger partial charge is 0.0660 e. The van der Waals surface area contributed by atoms with Crippen molar-refractivity contribution < 1.29 is 5.11 Å². The molecule has 1 fully saturated rings. The van der Waals surface area contributed by atoms with E-state index in [1.54, 1.807) is 0 Å². The Morgan fingerprint density at radius 3 is 2.62 bits per heavy atom. The molecule has 3 unspecified atom stereocenters. The fourth-order valence-electron chi connectivity index (χ4n) is 4.48. The van der Waals surface area contributed by atoms with Crippen molar-refractivity contribution in [2.45, 2.75) is 109 Å². The Morgan fingerprint density at radius 2 is 1.86 bits per heavy atom. The molecule has 1 spiro atoms. The van der Waals surface area contributed by atoms with E-state index in [2.05, 4.69) is 13.8 Å². The lowest BCUT2D eigenvalue weighted by atomic mass is 9.66. The van der Waals surface area contributed by atoms with Crippen LogP contribution in [0.25, 0.3) is 0 Å². The van der Waals surface area contributed by atoms with Crippen molar-refractivity contribution >= 4 is 5.71 Å². The van der Waals surface area contributed by atoms with Crippen molar-refractivity contribution in [2.75, 3.05) is 0 Å². The molecule has 0 aromatic carbocycles. The Kier molecular flexibility index (Phi) is 6.73. The Morgan fingerprint density at radius 1 is 1.10 bits per heavy atom. The second kappa shape index (κ2) is 8.31. The highest BCUT2D eigenvalue weighted by Gasteiger charge is 2.45. The van der Waals surface area contributed by atoms with Gasteiger partial charge < -0.3 is 5.11 Å². The van der Waals surface area contributed by atoms with Gasteiger partial charge in [0.25, 0.3) is 0 Å². The van der Waals surface area contributed by atoms with Crippen LogP contribution in [0.15, 0.2) is 4.99 Å². The van der Waals surface area contributed by atoms with E-state index in [9.17, 15) is 5.11 Å². The van der Waals surface area contributed by atoms with E-state index in [4.69, 9.17) is 4.99 Å². The molecule has 0 bridgehead atoms. The van der Waals surface area contributed by atoms with Crippen molar-refractivity contribution in [1.29, 1.82) is 0 Å². The fraction of sp³-hybridized carbons (Fsp3) is 0.947. The number of aliphatic imine (C=N–C) groups is 1. The van der Waals surface area contributed by atoms with Gasteiger partial charge in [-0.15, -0.1) is 0 Å². The van der Waals surface area contributed by atoms with Crippen molar-refractivity contribution in [3.63, 3.8) is 0 Å². The quantitative estimate of drug-likeness (QED) is 0.636. The first-order valence-corrected chi connectivity index (χ1v) is 9.47. The van der Waals surface area contributed by atoms with E-state index < -0.39 is 0 Å². The molecule has 2 nitrogen and oxygen atoms in total. The minimum atomic E-state index is -0.107. The average Bonchev–Trinajstić information content (AvgIpc) is 2.47. The number of nitrogens with zero attached hydrogens (tertiary/aromatic N) is 1. The van der Waals surface area contributed by atoms with Crippen LogP contribution < -0.4 is 0 Å². The maximum atomic E-state index is 10.5. The van der Waals surface area contributed by atoms with Crippen LogP contribution in [0.3, 0.4) is 0 Å². The second-order valence-corrected chi connectivity index (χ2v) is 7.30. The Balaban J connectivity index is 2.09. The summed E-state index contributed by atoms with van der Waals surface area (Å²) in [4.78, 5) is 5.29. The maximum Gasteiger partial charge on any atom is 0.0660 e. The summed E-state index contributed by atoms with van der Waals surface area (Å²) in [6.45, 7) is 4.52. The third-order valence-electron chi connectivity index (χ3n) is 5.66. The lowest BCUT2D eigenvalue weighted by Gasteiger charge is -2.46. The van der Waals surface area contributed by atoms with Crippen LogP contribution in [0.2, 0.25) is 0 Å². The molecule has 2 aliphatic rings. The van der Waals surface area contributed by atoms with E-state index >= 15 is 0 Å². The Labute approximate surface area is 131 Å². The number of unbranched alkanes of at least 4 members (excludes halogenated alkanes) is 3. The lowest BCUT2D eigenvalue weighted by molar-refractivity contribution is 0.00664. The van der Waals surface area contributed by atoms with Crippen LogP contribution in [0.5, 0.6) is 0 Å². The number of hydrogen-bond acceptors (Lipinski definition) is 2. The zero-order chi connectivity index (χ0) is 15.1. The highest BCUT2D eigenvalue weighted by molar-refractivity contribution is 5.85. The summed E-state index contributed by atoms with van der Waals surface area (Å²) in [5, 5.41) is 10.5. The molecule has 0 saturated heterocycles. The van der Waals surface area contributed by atoms with E-state index in [1.165, 1.54) is 76.3 Å². The molecule has 0 radical (unpaired) electrons. The minimum Gasteiger partial charge on any atom is -0.393 e. The minimum absolute atomic E-state index is 0.104. The number of aliphatic hydroxyl groups excluding tert-OH is 1. The molecule has 0 aromatic rings. The van der Waals surface area contributed by atoms with Gasteiger partial charge in [-0.05, 0) is 57.8 Å². The monoisotopic (exact) mass is 293 g/mol. The summed E-state index contributed by atoms with van der Waals surface area (Å²) in [7, 11) is 0. The van der Waals surface area contributed by atoms with Gasteiger partial charge in [0.1, 0.15) is 0 Å². The first-order chi connectivity index (χ1) is 10.2. The molecule has 1 aliphatic heterocycles. The first kappa shape index (κ1) is 17.0. The van der Waals surface area contributed by atoms with Gasteiger partial charge in [-0.25, -0.2) is 0 Å². The average molecular weight is 293 g/mol. The summed E-state index contributed by atoms with van der Waals surface area (Å²) in [5.74, 6) is 0.424. The molecule has 2 heteroatoms. The zero-order valence-electron chi connectivity index (χ0n) is 14.2. The van der Waals surface area contributed by atoms with Gasteiger partial charge in [-0.2, -0.15) is 0 Å². The van der Waals surface area contributed by atoms with Crippen LogP contribution in [0.4, 0.5) is 0 Å². The van der Waals surface area contributed by atoms with E-state index in [0.29, 0.717) is 5.92 Å². The van der Waals surface area contributed by atoms with Crippen LogP contribution in [0, 0.1) is 5.92 Å². The molecular weight excluding hydrogens is 258 g/mol. The predicted molar refractivity (Wildman–Crippen MR) is 91.0 cm³/mol. The Hall–Kier alpha value is -0.370. The second-order valence-electron chi connectivity index (χ2n) is 7.30. The topological polar surface area (TPSA) is 32.6 Å². The molecule has 0 amide bonds. The summed E-state index contributed by atoms with van der Waals surface area (Å²) in [5.41, 5.74) is 1.57. The van der Waals surface area contributed by atoms with Crippen LogP contribution in [-0.2, 0) is 0 Å². The summed E-state index contributed by atoms with van der Waals surface area (Å²) < 4.78 is 0. The molecule has 122 valence electrons. The third kappa shape index (κ3) is 4.31. The lowest BCUT2D eigenvalue weighted by Crippen LogP contribution is -2.48. The Bertz CT molecular complexity index is 338. The van der Waals surface area contributed by atoms with Crippen molar-refractivity contribution in [3.8, 4) is 0 Å². The number of rotatable bonds is 7. The number of hydrogen-bond donors (Lipinski definition) is 1. The molecule has 0 aromatic heterocycles. The highest BCUT2D eigenvalue weighted by atomic mass is 16.3. The van der Waals surface area contributed by atoms with Crippen LogP contribution in [-0.4, -0.2) is 22.5 Å². The van der Waals surface area contributed by atoms with Gasteiger partial charge in [-0.1, -0.05) is 39.5 Å². The SMILES string of the molecule is CCCCCC1=NC2(CCC1)CCCC(O)C2CCCC. The molecular formula is C19H35NO. The van der Waals surface area contributed by atoms with E-state index in [-0.39, 0.29) is 11.6 Å². The van der Waals surface area contributed by atoms with Gasteiger partial charge in [0.15, 0.2) is 0 Å². The summed E-state index contributed by atoms with van der Waals surface area (Å²) >= 11 is 0. The standard InChI is InChI=1S/C19H35NO/c1-3-5-7-10-16-11-8-14-19(20-16)15-9-13-18(21)17(19)12-6-4-2/h17-18,21H,3-15H2,1-2H3.